The minimum Gasteiger partial charge on any atom is -0.322 e. The number of hydrogen-bond donors (Lipinski definition) is 1. The summed E-state index contributed by atoms with van der Waals surface area (Å²) in [6.45, 7) is 0. The van der Waals surface area contributed by atoms with Gasteiger partial charge in [0.25, 0.3) is 11.6 Å². The number of anilines is 1. The largest absolute Gasteiger partial charge is 0.322 e. The number of rotatable bonds is 3. The number of aromatic nitrogens is 1. The number of nitrogens with zero attached hydrogens (tertiary/aromatic N) is 2. The Balaban J connectivity index is 2.29. The molecule has 9 heteroatoms. The van der Waals surface area contributed by atoms with Crippen LogP contribution in [-0.2, 0) is 0 Å². The summed E-state index contributed by atoms with van der Waals surface area (Å²) in [7, 11) is 0. The number of halogens is 3. The van der Waals surface area contributed by atoms with E-state index in [-0.39, 0.29) is 32.1 Å². The zero-order valence-corrected chi connectivity index (χ0v) is 12.4. The zero-order chi connectivity index (χ0) is 15.6. The van der Waals surface area contributed by atoms with Crippen molar-refractivity contribution in [3.63, 3.8) is 0 Å². The lowest BCUT2D eigenvalue weighted by atomic mass is 10.2. The standard InChI is InChI=1S/C12H6Cl3N3O3/c13-8-2-1-6(3-10(8)18(20)21)17-12(19)7-4-11(15)16-5-9(7)14/h1-5H,(H,17,19). The minimum atomic E-state index is -0.645. The van der Waals surface area contributed by atoms with Gasteiger partial charge in [-0.2, -0.15) is 0 Å². The van der Waals surface area contributed by atoms with E-state index in [0.717, 1.165) is 6.07 Å². The molecule has 2 aromatic rings. The van der Waals surface area contributed by atoms with Crippen LogP contribution >= 0.6 is 34.8 Å². The van der Waals surface area contributed by atoms with Crippen molar-refractivity contribution in [2.24, 2.45) is 0 Å². The van der Waals surface area contributed by atoms with E-state index in [1.807, 2.05) is 0 Å². The van der Waals surface area contributed by atoms with Gasteiger partial charge in [0.05, 0.1) is 15.5 Å². The van der Waals surface area contributed by atoms with Crippen LogP contribution in [0.4, 0.5) is 11.4 Å². The van der Waals surface area contributed by atoms with Gasteiger partial charge in [-0.3, -0.25) is 14.9 Å². The Hall–Kier alpha value is -1.89. The molecule has 0 saturated carbocycles. The summed E-state index contributed by atoms with van der Waals surface area (Å²) in [5.41, 5.74) is 0.00250. The molecular formula is C12H6Cl3N3O3. The van der Waals surface area contributed by atoms with Crippen LogP contribution in [0.2, 0.25) is 15.2 Å². The van der Waals surface area contributed by atoms with Gasteiger partial charge >= 0.3 is 0 Å². The van der Waals surface area contributed by atoms with Gasteiger partial charge in [0.15, 0.2) is 0 Å². The van der Waals surface area contributed by atoms with Crippen molar-refractivity contribution in [2.75, 3.05) is 5.32 Å². The number of pyridine rings is 1. The van der Waals surface area contributed by atoms with Crippen LogP contribution in [0.3, 0.4) is 0 Å². The Morgan fingerprint density at radius 3 is 2.57 bits per heavy atom. The van der Waals surface area contributed by atoms with Crippen LogP contribution in [0, 0.1) is 10.1 Å². The predicted octanol–water partition coefficient (Wildman–Crippen LogP) is 4.20. The highest BCUT2D eigenvalue weighted by Crippen LogP contribution is 2.28. The van der Waals surface area contributed by atoms with Crippen molar-refractivity contribution in [1.29, 1.82) is 0 Å². The average molecular weight is 347 g/mol. The van der Waals surface area contributed by atoms with Crippen molar-refractivity contribution in [3.8, 4) is 0 Å². The van der Waals surface area contributed by atoms with Gasteiger partial charge < -0.3 is 5.32 Å². The quantitative estimate of drug-likeness (QED) is 0.512. The molecule has 0 aliphatic rings. The van der Waals surface area contributed by atoms with Gasteiger partial charge in [-0.1, -0.05) is 34.8 Å². The molecule has 0 spiro atoms. The second-order valence-electron chi connectivity index (χ2n) is 3.86. The van der Waals surface area contributed by atoms with Crippen molar-refractivity contribution < 1.29 is 9.72 Å². The normalized spacial score (nSPS) is 10.2. The van der Waals surface area contributed by atoms with Crippen LogP contribution in [0.1, 0.15) is 10.4 Å². The maximum absolute atomic E-state index is 12.1. The van der Waals surface area contributed by atoms with Crippen molar-refractivity contribution in [1.82, 2.24) is 4.98 Å². The van der Waals surface area contributed by atoms with Gasteiger partial charge in [0, 0.05) is 18.0 Å². The highest BCUT2D eigenvalue weighted by molar-refractivity contribution is 6.35. The molecule has 0 fully saturated rings. The molecule has 108 valence electrons. The monoisotopic (exact) mass is 345 g/mol. The summed E-state index contributed by atoms with van der Waals surface area (Å²) in [5, 5.41) is 13.5. The molecule has 6 nitrogen and oxygen atoms in total. The molecule has 1 aromatic carbocycles. The van der Waals surface area contributed by atoms with E-state index < -0.39 is 10.8 Å². The van der Waals surface area contributed by atoms with Crippen molar-refractivity contribution in [2.45, 2.75) is 0 Å². The fourth-order valence-corrected chi connectivity index (χ4v) is 2.05. The van der Waals surface area contributed by atoms with Crippen molar-refractivity contribution in [3.05, 3.63) is 61.3 Å². The number of nitro groups is 1. The van der Waals surface area contributed by atoms with Gasteiger partial charge in [-0.05, 0) is 18.2 Å². The predicted molar refractivity (Wildman–Crippen MR) is 80.3 cm³/mol. The van der Waals surface area contributed by atoms with E-state index in [1.54, 1.807) is 0 Å². The average Bonchev–Trinajstić information content (AvgIpc) is 2.43. The lowest BCUT2D eigenvalue weighted by Crippen LogP contribution is -2.13. The van der Waals surface area contributed by atoms with Crippen LogP contribution in [0.5, 0.6) is 0 Å². The second kappa shape index (κ2) is 6.26. The summed E-state index contributed by atoms with van der Waals surface area (Å²) < 4.78 is 0. The minimum absolute atomic E-state index is 0.0250. The molecule has 0 bridgehead atoms. The van der Waals surface area contributed by atoms with E-state index in [9.17, 15) is 14.9 Å². The SMILES string of the molecule is O=C(Nc1ccc(Cl)c([N+](=O)[O-])c1)c1cc(Cl)ncc1Cl. The molecule has 1 amide bonds. The molecule has 0 unspecified atom stereocenters. The topological polar surface area (TPSA) is 85.1 Å². The number of hydrogen-bond acceptors (Lipinski definition) is 4. The Morgan fingerprint density at radius 2 is 1.90 bits per heavy atom. The zero-order valence-electron chi connectivity index (χ0n) is 10.1. The maximum Gasteiger partial charge on any atom is 0.289 e. The van der Waals surface area contributed by atoms with Crippen LogP contribution in [-0.4, -0.2) is 15.8 Å². The van der Waals surface area contributed by atoms with E-state index in [1.165, 1.54) is 24.4 Å². The van der Waals surface area contributed by atoms with Gasteiger partial charge in [-0.25, -0.2) is 4.98 Å². The number of carbonyl (C=O) groups excluding carboxylic acids is 1. The number of benzene rings is 1. The van der Waals surface area contributed by atoms with E-state index >= 15 is 0 Å². The number of carbonyl (C=O) groups is 1. The molecule has 1 heterocycles. The fourth-order valence-electron chi connectivity index (χ4n) is 1.52. The molecule has 0 radical (unpaired) electrons. The first-order valence-electron chi connectivity index (χ1n) is 5.45. The third kappa shape index (κ3) is 3.60. The second-order valence-corrected chi connectivity index (χ2v) is 5.07. The summed E-state index contributed by atoms with van der Waals surface area (Å²) in [6, 6.07) is 5.20. The third-order valence-electron chi connectivity index (χ3n) is 2.47. The Kier molecular flexibility index (Phi) is 4.62. The maximum atomic E-state index is 12.1. The Morgan fingerprint density at radius 1 is 1.19 bits per heavy atom. The highest BCUT2D eigenvalue weighted by atomic mass is 35.5. The molecule has 1 N–H and O–H groups in total. The van der Waals surface area contributed by atoms with Crippen LogP contribution in [0.15, 0.2) is 30.5 Å². The van der Waals surface area contributed by atoms with E-state index in [2.05, 4.69) is 10.3 Å². The molecule has 0 aliphatic heterocycles. The van der Waals surface area contributed by atoms with Gasteiger partial charge in [-0.15, -0.1) is 0 Å². The van der Waals surface area contributed by atoms with Gasteiger partial charge in [0.1, 0.15) is 10.2 Å². The van der Waals surface area contributed by atoms with Crippen LogP contribution in [0.25, 0.3) is 0 Å². The summed E-state index contributed by atoms with van der Waals surface area (Å²) >= 11 is 17.2. The highest BCUT2D eigenvalue weighted by Gasteiger charge is 2.16. The smallest absolute Gasteiger partial charge is 0.289 e. The molecule has 0 aliphatic carbocycles. The van der Waals surface area contributed by atoms with E-state index in [0.29, 0.717) is 0 Å². The number of nitro benzene ring substituents is 1. The van der Waals surface area contributed by atoms with Crippen LogP contribution < -0.4 is 5.32 Å². The summed E-state index contributed by atoms with van der Waals surface area (Å²) in [5.74, 6) is -0.569. The first kappa shape index (κ1) is 15.5. The number of nitrogens with one attached hydrogen (secondary N) is 1. The fraction of sp³-hybridized carbons (Fsp3) is 0. The molecule has 0 atom stereocenters. The Bertz CT molecular complexity index is 737. The lowest BCUT2D eigenvalue weighted by Gasteiger charge is -2.07. The molecule has 2 rings (SSSR count). The first-order chi connectivity index (χ1) is 9.88. The lowest BCUT2D eigenvalue weighted by molar-refractivity contribution is -0.384. The summed E-state index contributed by atoms with van der Waals surface area (Å²) in [4.78, 5) is 25.9. The third-order valence-corrected chi connectivity index (χ3v) is 3.29. The van der Waals surface area contributed by atoms with Crippen molar-refractivity contribution >= 4 is 52.1 Å². The van der Waals surface area contributed by atoms with E-state index in [4.69, 9.17) is 34.8 Å². The first-order valence-corrected chi connectivity index (χ1v) is 6.58. The molecular weight excluding hydrogens is 341 g/mol. The molecule has 1 aromatic heterocycles. The Labute approximate surface area is 133 Å². The van der Waals surface area contributed by atoms with Gasteiger partial charge in [0.2, 0.25) is 0 Å². The molecule has 21 heavy (non-hydrogen) atoms. The summed E-state index contributed by atoms with van der Waals surface area (Å²) in [6.07, 6.45) is 1.24. The molecule has 0 saturated heterocycles. The number of amides is 1.